The fourth-order valence-corrected chi connectivity index (χ4v) is 4.38. The van der Waals surface area contributed by atoms with Gasteiger partial charge in [-0.25, -0.2) is 0 Å². The van der Waals surface area contributed by atoms with Crippen LogP contribution in [-0.4, -0.2) is 16.8 Å². The van der Waals surface area contributed by atoms with Gasteiger partial charge in [0.25, 0.3) is 0 Å². The van der Waals surface area contributed by atoms with Crippen molar-refractivity contribution >= 4 is 23.5 Å². The van der Waals surface area contributed by atoms with Gasteiger partial charge in [0.15, 0.2) is 0 Å². The van der Waals surface area contributed by atoms with E-state index in [0.29, 0.717) is 11.2 Å². The van der Waals surface area contributed by atoms with Crippen LogP contribution in [0.3, 0.4) is 0 Å². The number of hydrogen-bond donors (Lipinski definition) is 0. The summed E-state index contributed by atoms with van der Waals surface area (Å²) in [6, 6.07) is 0. The van der Waals surface area contributed by atoms with E-state index in [1.165, 1.54) is 18.4 Å². The molecule has 1 aliphatic carbocycles. The van der Waals surface area contributed by atoms with Crippen LogP contribution in [-0.2, 0) is 0 Å². The molecule has 0 aromatic rings. The number of thioether (sulfide) groups is 2. The minimum absolute atomic E-state index is 0.630. The zero-order valence-electron chi connectivity index (χ0n) is 11.6. The van der Waals surface area contributed by atoms with Crippen molar-refractivity contribution in [3.05, 3.63) is 47.9 Å². The van der Waals surface area contributed by atoms with Gasteiger partial charge in [0, 0.05) is 16.8 Å². The predicted octanol–water partition coefficient (Wildman–Crippen LogP) is 5.45. The SMILES string of the molecule is C=CCSC1=C(C)C(SCC=C)CC(C(=C)C)C1. The van der Waals surface area contributed by atoms with E-state index in [-0.39, 0.29) is 0 Å². The van der Waals surface area contributed by atoms with Gasteiger partial charge in [0.05, 0.1) is 0 Å². The van der Waals surface area contributed by atoms with E-state index in [4.69, 9.17) is 0 Å². The van der Waals surface area contributed by atoms with Crippen LogP contribution in [0.1, 0.15) is 26.7 Å². The Morgan fingerprint density at radius 1 is 1.33 bits per heavy atom. The first-order chi connectivity index (χ1) is 8.60. The molecular weight excluding hydrogens is 256 g/mol. The second-order valence-corrected chi connectivity index (χ2v) is 7.15. The first-order valence-corrected chi connectivity index (χ1v) is 8.44. The quantitative estimate of drug-likeness (QED) is 0.568. The number of hydrogen-bond acceptors (Lipinski definition) is 2. The topological polar surface area (TPSA) is 0 Å². The molecule has 0 saturated heterocycles. The van der Waals surface area contributed by atoms with Crippen LogP contribution in [0, 0.1) is 5.92 Å². The first-order valence-electron chi connectivity index (χ1n) is 6.41. The van der Waals surface area contributed by atoms with Crippen LogP contribution in [0.25, 0.3) is 0 Å². The molecule has 18 heavy (non-hydrogen) atoms. The highest BCUT2D eigenvalue weighted by Gasteiger charge is 2.27. The highest BCUT2D eigenvalue weighted by atomic mass is 32.2. The molecule has 0 nitrogen and oxygen atoms in total. The average molecular weight is 281 g/mol. The van der Waals surface area contributed by atoms with Gasteiger partial charge < -0.3 is 0 Å². The third kappa shape index (κ3) is 4.40. The maximum Gasteiger partial charge on any atom is 0.0273 e. The summed E-state index contributed by atoms with van der Waals surface area (Å²) in [5, 5.41) is 0.630. The van der Waals surface area contributed by atoms with E-state index < -0.39 is 0 Å². The summed E-state index contributed by atoms with van der Waals surface area (Å²) in [5.41, 5.74) is 2.88. The Hall–Kier alpha value is -0.340. The molecule has 0 fully saturated rings. The van der Waals surface area contributed by atoms with Gasteiger partial charge in [-0.2, -0.15) is 0 Å². The maximum absolute atomic E-state index is 4.15. The molecule has 0 aliphatic heterocycles. The molecule has 0 saturated carbocycles. The van der Waals surface area contributed by atoms with Crippen LogP contribution in [0.4, 0.5) is 0 Å². The van der Waals surface area contributed by atoms with Crippen molar-refractivity contribution in [2.45, 2.75) is 31.9 Å². The third-order valence-electron chi connectivity index (χ3n) is 3.34. The second-order valence-electron chi connectivity index (χ2n) is 4.80. The molecule has 0 N–H and O–H groups in total. The molecule has 2 atom stereocenters. The van der Waals surface area contributed by atoms with E-state index in [2.05, 4.69) is 33.6 Å². The van der Waals surface area contributed by atoms with Crippen LogP contribution in [0.5, 0.6) is 0 Å². The van der Waals surface area contributed by atoms with Crippen molar-refractivity contribution in [2.24, 2.45) is 5.92 Å². The van der Waals surface area contributed by atoms with Gasteiger partial charge in [0.1, 0.15) is 0 Å². The summed E-state index contributed by atoms with van der Waals surface area (Å²) in [4.78, 5) is 1.55. The van der Waals surface area contributed by atoms with E-state index >= 15 is 0 Å². The second kappa shape index (κ2) is 7.96. The van der Waals surface area contributed by atoms with Gasteiger partial charge in [0.2, 0.25) is 0 Å². The largest absolute Gasteiger partial charge is 0.150 e. The molecule has 100 valence electrons. The van der Waals surface area contributed by atoms with Crippen molar-refractivity contribution in [1.29, 1.82) is 0 Å². The summed E-state index contributed by atoms with van der Waals surface area (Å²) >= 11 is 3.95. The average Bonchev–Trinajstić information content (AvgIpc) is 2.35. The van der Waals surface area contributed by atoms with Crippen molar-refractivity contribution < 1.29 is 0 Å². The van der Waals surface area contributed by atoms with Gasteiger partial charge in [-0.1, -0.05) is 29.9 Å². The summed E-state index contributed by atoms with van der Waals surface area (Å²) in [5.74, 6) is 2.68. The zero-order chi connectivity index (χ0) is 13.5. The van der Waals surface area contributed by atoms with Crippen molar-refractivity contribution in [1.82, 2.24) is 0 Å². The molecule has 1 rings (SSSR count). The van der Waals surface area contributed by atoms with Crippen LogP contribution in [0.15, 0.2) is 47.9 Å². The Bertz CT molecular complexity index is 352. The van der Waals surface area contributed by atoms with Gasteiger partial charge in [-0.05, 0) is 37.5 Å². The molecule has 0 aromatic carbocycles. The Morgan fingerprint density at radius 3 is 2.56 bits per heavy atom. The fraction of sp³-hybridized carbons (Fsp3) is 0.500. The molecule has 1 aliphatic rings. The lowest BCUT2D eigenvalue weighted by Gasteiger charge is -2.32. The van der Waals surface area contributed by atoms with Crippen LogP contribution < -0.4 is 0 Å². The summed E-state index contributed by atoms with van der Waals surface area (Å²) < 4.78 is 0. The highest BCUT2D eigenvalue weighted by Crippen LogP contribution is 2.42. The Labute approximate surface area is 121 Å². The van der Waals surface area contributed by atoms with E-state index in [1.54, 1.807) is 10.5 Å². The third-order valence-corrected chi connectivity index (χ3v) is 5.96. The maximum atomic E-state index is 4.15. The minimum Gasteiger partial charge on any atom is -0.150 e. The van der Waals surface area contributed by atoms with Crippen LogP contribution >= 0.6 is 23.5 Å². The molecule has 0 bridgehead atoms. The molecule has 0 radical (unpaired) electrons. The van der Waals surface area contributed by atoms with E-state index in [9.17, 15) is 0 Å². The van der Waals surface area contributed by atoms with Gasteiger partial charge >= 0.3 is 0 Å². The van der Waals surface area contributed by atoms with Gasteiger partial charge in [-0.15, -0.1) is 36.7 Å². The summed E-state index contributed by atoms with van der Waals surface area (Å²) in [6.45, 7) is 16.2. The number of allylic oxidation sites excluding steroid dienone is 2. The lowest BCUT2D eigenvalue weighted by atomic mass is 9.85. The van der Waals surface area contributed by atoms with Crippen molar-refractivity contribution in [3.8, 4) is 0 Å². The molecular formula is C16H24S2. The Morgan fingerprint density at radius 2 is 2.00 bits per heavy atom. The fourth-order valence-electron chi connectivity index (χ4n) is 2.17. The predicted molar refractivity (Wildman–Crippen MR) is 89.3 cm³/mol. The Balaban J connectivity index is 2.82. The molecule has 2 unspecified atom stereocenters. The molecule has 0 aromatic heterocycles. The minimum atomic E-state index is 0.630. The first kappa shape index (κ1) is 15.7. The monoisotopic (exact) mass is 280 g/mol. The number of rotatable bonds is 7. The summed E-state index contributed by atoms with van der Waals surface area (Å²) in [7, 11) is 0. The molecule has 0 amide bonds. The molecule has 0 heterocycles. The lowest BCUT2D eigenvalue weighted by Crippen LogP contribution is -2.20. The van der Waals surface area contributed by atoms with Crippen LogP contribution in [0.2, 0.25) is 0 Å². The van der Waals surface area contributed by atoms with E-state index in [0.717, 1.165) is 11.5 Å². The smallest absolute Gasteiger partial charge is 0.0273 e. The molecule has 2 heteroatoms. The standard InChI is InChI=1S/C16H24S2/c1-6-8-17-15-10-14(12(3)4)11-16(13(15)5)18-9-7-2/h6-7,14-15H,1-3,8-11H2,4-5H3. The Kier molecular flexibility index (Phi) is 6.95. The van der Waals surface area contributed by atoms with Crippen molar-refractivity contribution in [2.75, 3.05) is 11.5 Å². The lowest BCUT2D eigenvalue weighted by molar-refractivity contribution is 0.543. The summed E-state index contributed by atoms with van der Waals surface area (Å²) in [6.07, 6.45) is 6.39. The van der Waals surface area contributed by atoms with E-state index in [1.807, 2.05) is 35.7 Å². The molecule has 0 spiro atoms. The normalized spacial score (nSPS) is 23.9. The van der Waals surface area contributed by atoms with Crippen molar-refractivity contribution in [3.63, 3.8) is 0 Å². The highest BCUT2D eigenvalue weighted by molar-refractivity contribution is 8.03. The zero-order valence-corrected chi connectivity index (χ0v) is 13.2. The van der Waals surface area contributed by atoms with Gasteiger partial charge in [-0.3, -0.25) is 0 Å².